The topological polar surface area (TPSA) is 267 Å². The molecule has 3 N–H and O–H groups in total. The van der Waals surface area contributed by atoms with E-state index in [1.807, 2.05) is 0 Å². The Labute approximate surface area is 201 Å². The van der Waals surface area contributed by atoms with Gasteiger partial charge in [0, 0.05) is 44.6 Å². The number of amides is 2. The summed E-state index contributed by atoms with van der Waals surface area (Å²) in [5.41, 5.74) is 27.0. The van der Waals surface area contributed by atoms with E-state index in [0.717, 1.165) is 5.01 Å². The number of nitrogens with two attached hydrogens (primary N) is 1. The molecule has 2 aromatic rings. The van der Waals surface area contributed by atoms with E-state index in [1.165, 1.54) is 35.2 Å². The Morgan fingerprint density at radius 1 is 1.14 bits per heavy atom. The van der Waals surface area contributed by atoms with Crippen LogP contribution in [0.4, 0.5) is 23.0 Å². The van der Waals surface area contributed by atoms with Crippen LogP contribution in [0.2, 0.25) is 0 Å². The maximum atomic E-state index is 12.8. The zero-order chi connectivity index (χ0) is 26.1. The molecular weight excluding hydrogens is 474 g/mol. The number of carbonyl (C=O) groups is 2. The van der Waals surface area contributed by atoms with Crippen LogP contribution in [0.15, 0.2) is 56.9 Å². The number of aromatic nitrogens is 1. The highest BCUT2D eigenvalue weighted by Gasteiger charge is 2.38. The molecule has 0 unspecified atom stereocenters. The van der Waals surface area contributed by atoms with Crippen molar-refractivity contribution in [2.45, 2.75) is 12.1 Å². The average Bonchev–Trinajstić information content (AvgIpc) is 2.91. The second-order valence-corrected chi connectivity index (χ2v) is 7.16. The van der Waals surface area contributed by atoms with Crippen LogP contribution < -0.4 is 21.1 Å². The van der Waals surface area contributed by atoms with E-state index in [0.29, 0.717) is 5.69 Å². The zero-order valence-corrected chi connectivity index (χ0v) is 18.4. The Morgan fingerprint density at radius 2 is 1.83 bits per heavy atom. The van der Waals surface area contributed by atoms with Gasteiger partial charge < -0.3 is 10.2 Å². The van der Waals surface area contributed by atoms with Crippen molar-refractivity contribution in [3.05, 3.63) is 78.2 Å². The summed E-state index contributed by atoms with van der Waals surface area (Å²) in [6.07, 6.45) is 0. The molecule has 1 aliphatic heterocycles. The second-order valence-electron chi connectivity index (χ2n) is 7.16. The minimum atomic E-state index is -1.07. The molecule has 0 bridgehead atoms. The van der Waals surface area contributed by atoms with Crippen LogP contribution in [0.3, 0.4) is 0 Å². The number of nitrogens with zero attached hydrogens (tertiary/aromatic N) is 13. The molecule has 18 nitrogen and oxygen atoms in total. The Balaban J connectivity index is 2.11. The van der Waals surface area contributed by atoms with Gasteiger partial charge in [-0.05, 0) is 46.9 Å². The molecule has 2 heterocycles. The Morgan fingerprint density at radius 3 is 2.47 bits per heavy atom. The van der Waals surface area contributed by atoms with Crippen LogP contribution in [0.5, 0.6) is 0 Å². The summed E-state index contributed by atoms with van der Waals surface area (Å²) < 4.78 is 0. The normalized spacial score (nSPS) is 14.6. The van der Waals surface area contributed by atoms with Crippen molar-refractivity contribution in [3.63, 3.8) is 0 Å². The predicted molar refractivity (Wildman–Crippen MR) is 128 cm³/mol. The molecule has 2 amide bonds. The summed E-state index contributed by atoms with van der Waals surface area (Å²) in [5.74, 6) is 5.07. The number of hydrogen-bond acceptors (Lipinski definition) is 10. The number of carbonyl (C=O) groups excluding carboxylic acids is 2. The third-order valence-electron chi connectivity index (χ3n) is 5.12. The Kier molecular flexibility index (Phi) is 8.16. The molecule has 1 atom stereocenters. The zero-order valence-electron chi connectivity index (χ0n) is 18.4. The fourth-order valence-corrected chi connectivity index (χ4v) is 3.54. The number of nitrogens with one attached hydrogen (secondary N) is 1. The van der Waals surface area contributed by atoms with Gasteiger partial charge in [-0.25, -0.2) is 10.8 Å². The van der Waals surface area contributed by atoms with E-state index in [9.17, 15) is 14.5 Å². The van der Waals surface area contributed by atoms with Crippen molar-refractivity contribution in [2.24, 2.45) is 26.4 Å². The van der Waals surface area contributed by atoms with E-state index in [1.54, 1.807) is 6.07 Å². The summed E-state index contributed by atoms with van der Waals surface area (Å²) >= 11 is 0. The van der Waals surface area contributed by atoms with Gasteiger partial charge in [-0.2, -0.15) is 0 Å². The second kappa shape index (κ2) is 11.6. The van der Waals surface area contributed by atoms with Gasteiger partial charge in [-0.3, -0.25) is 14.6 Å². The monoisotopic (exact) mass is 491 g/mol. The van der Waals surface area contributed by atoms with Crippen LogP contribution in [-0.2, 0) is 4.79 Å². The smallest absolute Gasteiger partial charge is 0.316 e. The minimum absolute atomic E-state index is 0.0167. The van der Waals surface area contributed by atoms with Crippen molar-refractivity contribution in [1.29, 1.82) is 0 Å². The molecule has 0 spiro atoms. The number of nitroso groups, excluding NO2 is 1. The van der Waals surface area contributed by atoms with Crippen LogP contribution in [0, 0.1) is 4.91 Å². The van der Waals surface area contributed by atoms with Crippen LogP contribution >= 0.6 is 0 Å². The molecule has 1 aromatic heterocycles. The molecule has 36 heavy (non-hydrogen) atoms. The average molecular weight is 491 g/mol. The molecular formula is C18H17N15O3. The lowest BCUT2D eigenvalue weighted by atomic mass is 10.1. The fourth-order valence-electron chi connectivity index (χ4n) is 3.54. The summed E-state index contributed by atoms with van der Waals surface area (Å²) in [6.45, 7) is -0.696. The van der Waals surface area contributed by atoms with Gasteiger partial charge in [0.2, 0.25) is 5.91 Å². The third kappa shape index (κ3) is 5.39. The van der Waals surface area contributed by atoms with Gasteiger partial charge in [-0.15, -0.1) is 4.91 Å². The van der Waals surface area contributed by atoms with Crippen molar-refractivity contribution >= 4 is 34.8 Å². The lowest BCUT2D eigenvalue weighted by molar-refractivity contribution is -0.117. The van der Waals surface area contributed by atoms with Crippen molar-refractivity contribution in [3.8, 4) is 0 Å². The van der Waals surface area contributed by atoms with E-state index in [-0.39, 0.29) is 42.5 Å². The summed E-state index contributed by atoms with van der Waals surface area (Å²) in [4.78, 5) is 49.2. The molecule has 18 heteroatoms. The summed E-state index contributed by atoms with van der Waals surface area (Å²) in [7, 11) is 0. The third-order valence-corrected chi connectivity index (χ3v) is 5.12. The first-order valence-electron chi connectivity index (χ1n) is 10.1. The molecule has 1 aliphatic rings. The summed E-state index contributed by atoms with van der Waals surface area (Å²) in [6, 6.07) is 6.93. The van der Waals surface area contributed by atoms with E-state index in [4.69, 9.17) is 22.4 Å². The molecule has 0 saturated carbocycles. The molecule has 0 saturated heterocycles. The fraction of sp³-hybridized carbons (Fsp3) is 0.278. The molecule has 3 rings (SSSR count). The number of fused-ring (bicyclic) bond motifs is 1. The SMILES string of the molecule is [N-]=[N+]=NCC(CN=[N+]=[N-])N1c2nc(N(N)c3cccc(C(=O)N=O)c3)ccc2NC(=O)[C@H]1CN=[N+]=[N-]. The van der Waals surface area contributed by atoms with Gasteiger partial charge in [0.15, 0.2) is 5.82 Å². The van der Waals surface area contributed by atoms with E-state index >= 15 is 0 Å². The number of azide groups is 3. The first-order chi connectivity index (χ1) is 17.4. The summed E-state index contributed by atoms with van der Waals surface area (Å²) in [5, 5.41) is 16.8. The number of hydrogen-bond donors (Lipinski definition) is 2. The molecule has 1 aromatic carbocycles. The molecule has 0 fully saturated rings. The Hall–Kier alpha value is -5.40. The molecule has 0 radical (unpaired) electrons. The maximum Gasteiger partial charge on any atom is 0.316 e. The Bertz CT molecular complexity index is 1310. The van der Waals surface area contributed by atoms with Crippen LogP contribution in [0.1, 0.15) is 10.4 Å². The van der Waals surface area contributed by atoms with E-state index < -0.39 is 23.9 Å². The number of hydrazine groups is 1. The van der Waals surface area contributed by atoms with Gasteiger partial charge in [0.1, 0.15) is 11.9 Å². The largest absolute Gasteiger partial charge is 0.339 e. The number of benzene rings is 1. The maximum absolute atomic E-state index is 12.8. The van der Waals surface area contributed by atoms with Gasteiger partial charge in [0.25, 0.3) is 0 Å². The molecule has 0 aliphatic carbocycles. The predicted octanol–water partition coefficient (Wildman–Crippen LogP) is 3.43. The highest BCUT2D eigenvalue weighted by molar-refractivity contribution is 6.03. The van der Waals surface area contributed by atoms with Crippen LogP contribution in [0.25, 0.3) is 31.3 Å². The number of pyridine rings is 1. The lowest BCUT2D eigenvalue weighted by Crippen LogP contribution is -2.56. The highest BCUT2D eigenvalue weighted by Crippen LogP contribution is 2.35. The quantitative estimate of drug-likeness (QED) is 0.125. The van der Waals surface area contributed by atoms with Crippen molar-refractivity contribution in [1.82, 2.24) is 4.98 Å². The van der Waals surface area contributed by atoms with Crippen LogP contribution in [-0.4, -0.2) is 48.5 Å². The van der Waals surface area contributed by atoms with Crippen molar-refractivity contribution in [2.75, 3.05) is 34.9 Å². The first-order valence-corrected chi connectivity index (χ1v) is 10.1. The van der Waals surface area contributed by atoms with Gasteiger partial charge >= 0.3 is 5.91 Å². The van der Waals surface area contributed by atoms with E-state index in [2.05, 4.69) is 45.6 Å². The number of anilines is 4. The van der Waals surface area contributed by atoms with Gasteiger partial charge in [0.05, 0.1) is 17.9 Å². The lowest BCUT2D eigenvalue weighted by Gasteiger charge is -2.41. The standard InChI is InChI=1S/C18H17N15O3/c19-29-23-7-12(8-24-30-20)32-14(9-25-31-21)18(35)26-13-4-5-15(27-16(13)32)33(22)11-3-1-2-10(6-11)17(34)28-36/h1-6,12,14H,7-9,22H2,(H,26,35)/t14-/m1/s1. The number of rotatable bonds is 10. The minimum Gasteiger partial charge on any atom is -0.339 e. The van der Waals surface area contributed by atoms with Crippen molar-refractivity contribution < 1.29 is 9.59 Å². The van der Waals surface area contributed by atoms with Gasteiger partial charge in [-0.1, -0.05) is 21.4 Å². The molecule has 182 valence electrons. The highest BCUT2D eigenvalue weighted by atomic mass is 16.3. The first kappa shape index (κ1) is 25.2.